The molecule has 0 saturated carbocycles. The van der Waals surface area contributed by atoms with Crippen molar-refractivity contribution < 1.29 is 13.2 Å². The summed E-state index contributed by atoms with van der Waals surface area (Å²) in [6.07, 6.45) is 2.08. The van der Waals surface area contributed by atoms with Crippen molar-refractivity contribution in [2.75, 3.05) is 12.0 Å². The van der Waals surface area contributed by atoms with Crippen LogP contribution in [0.4, 0.5) is 0 Å². The van der Waals surface area contributed by atoms with Crippen molar-refractivity contribution in [2.45, 2.75) is 29.7 Å². The smallest absolute Gasteiger partial charge is 0.258 e. The minimum atomic E-state index is -3.28. The van der Waals surface area contributed by atoms with Gasteiger partial charge >= 0.3 is 0 Å². The first-order valence-corrected chi connectivity index (χ1v) is 12.2. The molecule has 0 aliphatic heterocycles. The Labute approximate surface area is 166 Å². The predicted molar refractivity (Wildman–Crippen MR) is 111 cm³/mol. The zero-order valence-corrected chi connectivity index (χ0v) is 17.5. The number of aryl methyl sites for hydroxylation is 1. The number of carbonyl (C=O) groups excluding carboxylic acids is 1. The van der Waals surface area contributed by atoms with E-state index in [1.807, 2.05) is 34.9 Å². The first kappa shape index (κ1) is 19.9. The number of sulfone groups is 1. The van der Waals surface area contributed by atoms with E-state index in [0.29, 0.717) is 4.80 Å². The minimum Gasteiger partial charge on any atom is -0.316 e. The summed E-state index contributed by atoms with van der Waals surface area (Å²) in [7, 11) is -3.28. The maximum absolute atomic E-state index is 12.4. The van der Waals surface area contributed by atoms with Crippen LogP contribution in [0.2, 0.25) is 0 Å². The Kier molecular flexibility index (Phi) is 6.18. The monoisotopic (exact) mass is 420 g/mol. The highest BCUT2D eigenvalue weighted by atomic mass is 32.2. The lowest BCUT2D eigenvalue weighted by molar-refractivity contribution is -0.115. The van der Waals surface area contributed by atoms with Crippen molar-refractivity contribution in [3.8, 4) is 0 Å². The molecule has 0 radical (unpaired) electrons. The van der Waals surface area contributed by atoms with Gasteiger partial charge in [0.15, 0.2) is 14.6 Å². The van der Waals surface area contributed by atoms with Crippen LogP contribution in [0.3, 0.4) is 0 Å². The second-order valence-electron chi connectivity index (χ2n) is 6.05. The maximum Gasteiger partial charge on any atom is 0.258 e. The Hall–Kier alpha value is -1.90. The van der Waals surface area contributed by atoms with Gasteiger partial charge in [0.1, 0.15) is 0 Å². The number of nitrogens with zero attached hydrogens (tertiary/aromatic N) is 2. The average Bonchev–Trinajstić information content (AvgIpc) is 2.97. The number of fused-ring (bicyclic) bond motifs is 1. The fraction of sp³-hybridized carbons (Fsp3) is 0.263. The van der Waals surface area contributed by atoms with Crippen molar-refractivity contribution in [1.82, 2.24) is 4.57 Å². The zero-order valence-electron chi connectivity index (χ0n) is 15.1. The van der Waals surface area contributed by atoms with Gasteiger partial charge < -0.3 is 4.57 Å². The van der Waals surface area contributed by atoms with Gasteiger partial charge in [0.2, 0.25) is 0 Å². The molecule has 8 heteroatoms. The van der Waals surface area contributed by atoms with Crippen LogP contribution in [0.5, 0.6) is 0 Å². The first-order chi connectivity index (χ1) is 12.9. The summed E-state index contributed by atoms with van der Waals surface area (Å²) >= 11 is 2.80. The molecule has 0 spiro atoms. The molecule has 0 fully saturated rings. The highest BCUT2D eigenvalue weighted by molar-refractivity contribution is 8.00. The maximum atomic E-state index is 12.4. The molecule has 0 atom stereocenters. The highest BCUT2D eigenvalue weighted by Gasteiger charge is 2.12. The SMILES string of the molecule is CCCn1c(=NC(=O)CSc2ccccc2)sc2cc(S(C)(=O)=O)ccc21. The standard InChI is InChI=1S/C19H20N2O3S3/c1-3-11-21-16-10-9-15(27(2,23)24)12-17(16)26-19(21)20-18(22)13-25-14-7-5-4-6-8-14/h4-10,12H,3,11,13H2,1-2H3. The van der Waals surface area contributed by atoms with Crippen LogP contribution in [0.15, 0.2) is 63.3 Å². The molecule has 0 bridgehead atoms. The number of thioether (sulfide) groups is 1. The van der Waals surface area contributed by atoms with Crippen molar-refractivity contribution in [3.05, 3.63) is 53.3 Å². The van der Waals surface area contributed by atoms with E-state index >= 15 is 0 Å². The zero-order chi connectivity index (χ0) is 19.4. The second kappa shape index (κ2) is 8.41. The third kappa shape index (κ3) is 4.88. The quantitative estimate of drug-likeness (QED) is 0.570. The van der Waals surface area contributed by atoms with Crippen LogP contribution < -0.4 is 4.80 Å². The molecule has 0 aliphatic carbocycles. The highest BCUT2D eigenvalue weighted by Crippen LogP contribution is 2.22. The Balaban J connectivity index is 1.95. The molecule has 1 aromatic heterocycles. The number of rotatable bonds is 6. The van der Waals surface area contributed by atoms with Crippen LogP contribution in [-0.4, -0.2) is 30.9 Å². The summed E-state index contributed by atoms with van der Waals surface area (Å²) in [5.41, 5.74) is 0.900. The van der Waals surface area contributed by atoms with E-state index < -0.39 is 9.84 Å². The van der Waals surface area contributed by atoms with Gasteiger partial charge in [-0.15, -0.1) is 11.8 Å². The molecule has 0 N–H and O–H groups in total. The molecule has 0 saturated heterocycles. The Morgan fingerprint density at radius 3 is 2.59 bits per heavy atom. The van der Waals surface area contributed by atoms with Crippen molar-refractivity contribution in [2.24, 2.45) is 4.99 Å². The van der Waals surface area contributed by atoms with E-state index in [9.17, 15) is 13.2 Å². The Morgan fingerprint density at radius 1 is 1.19 bits per heavy atom. The van der Waals surface area contributed by atoms with Crippen molar-refractivity contribution in [3.63, 3.8) is 0 Å². The number of carbonyl (C=O) groups is 1. The van der Waals surface area contributed by atoms with Crippen molar-refractivity contribution >= 4 is 49.1 Å². The van der Waals surface area contributed by atoms with Gasteiger partial charge in [-0.05, 0) is 36.8 Å². The van der Waals surface area contributed by atoms with Crippen LogP contribution >= 0.6 is 23.1 Å². The second-order valence-corrected chi connectivity index (χ2v) is 10.1. The van der Waals surface area contributed by atoms with Gasteiger partial charge in [-0.1, -0.05) is 36.5 Å². The third-order valence-electron chi connectivity index (χ3n) is 3.86. The van der Waals surface area contributed by atoms with Gasteiger partial charge in [0.25, 0.3) is 5.91 Å². The summed E-state index contributed by atoms with van der Waals surface area (Å²) in [5.74, 6) is 0.0579. The van der Waals surface area contributed by atoms with E-state index in [4.69, 9.17) is 0 Å². The minimum absolute atomic E-state index is 0.205. The molecule has 27 heavy (non-hydrogen) atoms. The molecule has 0 aliphatic rings. The van der Waals surface area contributed by atoms with Crippen LogP contribution in [-0.2, 0) is 21.2 Å². The normalized spacial score (nSPS) is 12.6. The van der Waals surface area contributed by atoms with E-state index in [0.717, 1.165) is 28.1 Å². The Bertz CT molecular complexity index is 1130. The molecule has 5 nitrogen and oxygen atoms in total. The summed E-state index contributed by atoms with van der Waals surface area (Å²) < 4.78 is 26.4. The Morgan fingerprint density at radius 2 is 1.93 bits per heavy atom. The average molecular weight is 421 g/mol. The van der Waals surface area contributed by atoms with Crippen LogP contribution in [0.25, 0.3) is 10.2 Å². The van der Waals surface area contributed by atoms with E-state index in [2.05, 4.69) is 11.9 Å². The van der Waals surface area contributed by atoms with Gasteiger partial charge in [-0.2, -0.15) is 4.99 Å². The lowest BCUT2D eigenvalue weighted by Gasteiger charge is -2.03. The van der Waals surface area contributed by atoms with Crippen LogP contribution in [0, 0.1) is 0 Å². The molecule has 2 aromatic carbocycles. The largest absolute Gasteiger partial charge is 0.316 e. The van der Waals surface area contributed by atoms with Crippen LogP contribution in [0.1, 0.15) is 13.3 Å². The predicted octanol–water partition coefficient (Wildman–Crippen LogP) is 3.74. The lowest BCUT2D eigenvalue weighted by Crippen LogP contribution is -2.17. The molecule has 142 valence electrons. The van der Waals surface area contributed by atoms with E-state index in [-0.39, 0.29) is 16.6 Å². The molecule has 0 unspecified atom stereocenters. The van der Waals surface area contributed by atoms with Gasteiger partial charge in [0, 0.05) is 17.7 Å². The molecule has 1 amide bonds. The number of benzene rings is 2. The molecular weight excluding hydrogens is 400 g/mol. The number of thiazole rings is 1. The lowest BCUT2D eigenvalue weighted by atomic mass is 10.3. The molecular formula is C19H20N2O3S3. The topological polar surface area (TPSA) is 68.5 Å². The summed E-state index contributed by atoms with van der Waals surface area (Å²) in [4.78, 5) is 18.6. The summed E-state index contributed by atoms with van der Waals surface area (Å²) in [5, 5.41) is 0. The van der Waals surface area contributed by atoms with Gasteiger partial charge in [0.05, 0.1) is 20.9 Å². The first-order valence-electron chi connectivity index (χ1n) is 8.47. The number of hydrogen-bond acceptors (Lipinski definition) is 5. The molecule has 1 heterocycles. The number of aromatic nitrogens is 1. The van der Waals surface area contributed by atoms with E-state index in [1.54, 1.807) is 18.2 Å². The van der Waals surface area contributed by atoms with Gasteiger partial charge in [-0.25, -0.2) is 8.42 Å². The third-order valence-corrected chi connectivity index (χ3v) is 7.00. The summed E-state index contributed by atoms with van der Waals surface area (Å²) in [6.45, 7) is 2.77. The van der Waals surface area contributed by atoms with Gasteiger partial charge in [-0.3, -0.25) is 4.79 Å². The molecule has 3 aromatic rings. The molecule has 3 rings (SSSR count). The summed E-state index contributed by atoms with van der Waals surface area (Å²) in [6, 6.07) is 14.8. The number of hydrogen-bond donors (Lipinski definition) is 0. The number of amides is 1. The van der Waals surface area contributed by atoms with Crippen molar-refractivity contribution in [1.29, 1.82) is 0 Å². The van der Waals surface area contributed by atoms with E-state index in [1.165, 1.54) is 29.4 Å². The fourth-order valence-corrected chi connectivity index (χ4v) is 5.15. The fourth-order valence-electron chi connectivity index (χ4n) is 2.61.